The average molecular weight is 237 g/mol. The van der Waals surface area contributed by atoms with E-state index < -0.39 is 0 Å². The van der Waals surface area contributed by atoms with Gasteiger partial charge in [0, 0.05) is 25.0 Å². The molecule has 0 unspecified atom stereocenters. The van der Waals surface area contributed by atoms with Gasteiger partial charge < -0.3 is 5.32 Å². The highest BCUT2D eigenvalue weighted by Gasteiger charge is 2.24. The van der Waals surface area contributed by atoms with Gasteiger partial charge in [-0.2, -0.15) is 5.26 Å². The Morgan fingerprint density at radius 1 is 1.24 bits per heavy atom. The predicted octanol–water partition coefficient (Wildman–Crippen LogP) is 2.53. The lowest BCUT2D eigenvalue weighted by molar-refractivity contribution is 0.153. The highest BCUT2D eigenvalue weighted by Crippen LogP contribution is 2.23. The maximum absolute atomic E-state index is 8.66. The number of nitrogens with one attached hydrogen (secondary N) is 1. The van der Waals surface area contributed by atoms with E-state index in [-0.39, 0.29) is 0 Å². The zero-order valence-corrected chi connectivity index (χ0v) is 11.4. The van der Waals surface area contributed by atoms with Gasteiger partial charge in [0.1, 0.15) is 0 Å². The Morgan fingerprint density at radius 3 is 2.47 bits per heavy atom. The molecule has 3 nitrogen and oxygen atoms in total. The van der Waals surface area contributed by atoms with Crippen molar-refractivity contribution in [3.63, 3.8) is 0 Å². The maximum atomic E-state index is 8.66. The zero-order valence-electron chi connectivity index (χ0n) is 11.4. The van der Waals surface area contributed by atoms with Gasteiger partial charge in [0.15, 0.2) is 0 Å². The summed E-state index contributed by atoms with van der Waals surface area (Å²) >= 11 is 0. The van der Waals surface area contributed by atoms with Crippen LogP contribution in [0.2, 0.25) is 0 Å². The van der Waals surface area contributed by atoms with E-state index in [9.17, 15) is 0 Å². The standard InChI is InChI=1S/C14H27N3/c1-3-11-16-13-6-8-14(9-7-13)17(4-2)12-5-10-15/h13-14,16H,3-9,11-12H2,1-2H3. The van der Waals surface area contributed by atoms with Crippen LogP contribution in [-0.2, 0) is 0 Å². The van der Waals surface area contributed by atoms with Gasteiger partial charge in [-0.05, 0) is 45.2 Å². The maximum Gasteiger partial charge on any atom is 0.0635 e. The van der Waals surface area contributed by atoms with Crippen LogP contribution in [0.15, 0.2) is 0 Å². The third-order valence-corrected chi connectivity index (χ3v) is 3.81. The van der Waals surface area contributed by atoms with Gasteiger partial charge in [-0.3, -0.25) is 4.90 Å². The first-order valence-electron chi connectivity index (χ1n) is 7.16. The summed E-state index contributed by atoms with van der Waals surface area (Å²) in [7, 11) is 0. The first-order chi connectivity index (χ1) is 8.31. The van der Waals surface area contributed by atoms with Crippen molar-refractivity contribution >= 4 is 0 Å². The van der Waals surface area contributed by atoms with Gasteiger partial charge in [0.25, 0.3) is 0 Å². The fourth-order valence-electron chi connectivity index (χ4n) is 2.79. The lowest BCUT2D eigenvalue weighted by atomic mass is 9.90. The summed E-state index contributed by atoms with van der Waals surface area (Å²) in [6.07, 6.45) is 7.08. The van der Waals surface area contributed by atoms with Gasteiger partial charge in [-0.1, -0.05) is 13.8 Å². The number of rotatable bonds is 7. The van der Waals surface area contributed by atoms with Crippen molar-refractivity contribution in [2.75, 3.05) is 19.6 Å². The fourth-order valence-corrected chi connectivity index (χ4v) is 2.79. The van der Waals surface area contributed by atoms with Crippen molar-refractivity contribution in [1.82, 2.24) is 10.2 Å². The second-order valence-corrected chi connectivity index (χ2v) is 5.00. The van der Waals surface area contributed by atoms with Crippen LogP contribution in [0.3, 0.4) is 0 Å². The van der Waals surface area contributed by atoms with Gasteiger partial charge in [-0.25, -0.2) is 0 Å². The summed E-state index contributed by atoms with van der Waals surface area (Å²) in [5.41, 5.74) is 0. The molecule has 98 valence electrons. The smallest absolute Gasteiger partial charge is 0.0635 e. The van der Waals surface area contributed by atoms with Gasteiger partial charge in [0.2, 0.25) is 0 Å². The molecule has 0 heterocycles. The average Bonchev–Trinajstić information content (AvgIpc) is 2.38. The second-order valence-electron chi connectivity index (χ2n) is 5.00. The minimum absolute atomic E-state index is 0.669. The fraction of sp³-hybridized carbons (Fsp3) is 0.929. The van der Waals surface area contributed by atoms with E-state index in [2.05, 4.69) is 30.1 Å². The molecule has 0 aliphatic heterocycles. The molecule has 1 aliphatic rings. The molecule has 0 radical (unpaired) electrons. The molecule has 1 aliphatic carbocycles. The van der Waals surface area contributed by atoms with E-state index in [0.717, 1.165) is 25.7 Å². The van der Waals surface area contributed by atoms with E-state index in [1.54, 1.807) is 0 Å². The van der Waals surface area contributed by atoms with E-state index >= 15 is 0 Å². The van der Waals surface area contributed by atoms with Crippen molar-refractivity contribution in [3.05, 3.63) is 0 Å². The molecule has 17 heavy (non-hydrogen) atoms. The molecule has 3 heteroatoms. The Kier molecular flexibility index (Phi) is 7.23. The largest absolute Gasteiger partial charge is 0.314 e. The van der Waals surface area contributed by atoms with Crippen LogP contribution >= 0.6 is 0 Å². The van der Waals surface area contributed by atoms with Crippen LogP contribution in [0.5, 0.6) is 0 Å². The minimum atomic E-state index is 0.669. The van der Waals surface area contributed by atoms with Crippen molar-refractivity contribution in [1.29, 1.82) is 5.26 Å². The summed E-state index contributed by atoms with van der Waals surface area (Å²) in [6.45, 7) is 7.61. The normalized spacial score (nSPS) is 24.8. The Balaban J connectivity index is 2.26. The molecule has 0 spiro atoms. The van der Waals surface area contributed by atoms with Crippen LogP contribution in [0.25, 0.3) is 0 Å². The van der Waals surface area contributed by atoms with Crippen LogP contribution in [0.1, 0.15) is 52.4 Å². The summed E-state index contributed by atoms with van der Waals surface area (Å²) < 4.78 is 0. The monoisotopic (exact) mass is 237 g/mol. The first kappa shape index (κ1) is 14.5. The predicted molar refractivity (Wildman–Crippen MR) is 71.8 cm³/mol. The van der Waals surface area contributed by atoms with Crippen LogP contribution < -0.4 is 5.32 Å². The van der Waals surface area contributed by atoms with E-state index in [1.807, 2.05) is 0 Å². The topological polar surface area (TPSA) is 39.1 Å². The highest BCUT2D eigenvalue weighted by molar-refractivity contribution is 4.84. The lowest BCUT2D eigenvalue weighted by Crippen LogP contribution is -2.42. The molecule has 0 aromatic rings. The molecule has 1 saturated carbocycles. The molecule has 0 aromatic heterocycles. The van der Waals surface area contributed by atoms with E-state index in [0.29, 0.717) is 12.5 Å². The Bertz CT molecular complexity index is 226. The summed E-state index contributed by atoms with van der Waals surface area (Å²) in [6, 6.07) is 3.71. The molecular weight excluding hydrogens is 210 g/mol. The van der Waals surface area contributed by atoms with E-state index in [1.165, 1.54) is 32.1 Å². The van der Waals surface area contributed by atoms with Crippen molar-refractivity contribution in [2.24, 2.45) is 0 Å². The van der Waals surface area contributed by atoms with Gasteiger partial charge >= 0.3 is 0 Å². The zero-order chi connectivity index (χ0) is 12.5. The van der Waals surface area contributed by atoms with Gasteiger partial charge in [-0.15, -0.1) is 0 Å². The van der Waals surface area contributed by atoms with Crippen LogP contribution in [-0.4, -0.2) is 36.6 Å². The minimum Gasteiger partial charge on any atom is -0.314 e. The van der Waals surface area contributed by atoms with Crippen molar-refractivity contribution < 1.29 is 0 Å². The number of nitriles is 1. The molecule has 1 rings (SSSR count). The third-order valence-electron chi connectivity index (χ3n) is 3.81. The van der Waals surface area contributed by atoms with Crippen LogP contribution in [0, 0.1) is 11.3 Å². The third kappa shape index (κ3) is 5.06. The molecule has 0 aromatic carbocycles. The quantitative estimate of drug-likeness (QED) is 0.739. The second kappa shape index (κ2) is 8.49. The van der Waals surface area contributed by atoms with Gasteiger partial charge in [0.05, 0.1) is 6.07 Å². The SMILES string of the molecule is CCCNC1CCC(N(CC)CCC#N)CC1. The Labute approximate surface area is 106 Å². The van der Waals surface area contributed by atoms with E-state index in [4.69, 9.17) is 5.26 Å². The molecule has 0 atom stereocenters. The molecule has 1 fully saturated rings. The lowest BCUT2D eigenvalue weighted by Gasteiger charge is -2.36. The summed E-state index contributed by atoms with van der Waals surface area (Å²) in [4.78, 5) is 2.49. The van der Waals surface area contributed by atoms with Crippen LogP contribution in [0.4, 0.5) is 0 Å². The molecule has 0 bridgehead atoms. The van der Waals surface area contributed by atoms with Crippen molar-refractivity contribution in [2.45, 2.75) is 64.5 Å². The molecule has 0 saturated heterocycles. The number of hydrogen-bond donors (Lipinski definition) is 1. The number of nitrogens with zero attached hydrogens (tertiary/aromatic N) is 2. The highest BCUT2D eigenvalue weighted by atomic mass is 15.1. The van der Waals surface area contributed by atoms with Crippen molar-refractivity contribution in [3.8, 4) is 6.07 Å². The Morgan fingerprint density at radius 2 is 1.94 bits per heavy atom. The summed E-state index contributed by atoms with van der Waals surface area (Å²) in [5, 5.41) is 12.3. The molecule has 1 N–H and O–H groups in total. The first-order valence-corrected chi connectivity index (χ1v) is 7.16. The Hall–Kier alpha value is -0.590. The molecule has 0 amide bonds. The molecular formula is C14H27N3. The number of hydrogen-bond acceptors (Lipinski definition) is 3. The summed E-state index contributed by atoms with van der Waals surface area (Å²) in [5.74, 6) is 0.